The van der Waals surface area contributed by atoms with Gasteiger partial charge in [-0.05, 0) is 50.9 Å². The Labute approximate surface area is 100 Å². The van der Waals surface area contributed by atoms with E-state index in [0.717, 1.165) is 18.8 Å². The van der Waals surface area contributed by atoms with Crippen molar-refractivity contribution in [2.24, 2.45) is 5.92 Å². The average Bonchev–Trinajstić information content (AvgIpc) is 2.25. The molecule has 0 heterocycles. The van der Waals surface area contributed by atoms with Crippen LogP contribution < -0.4 is 0 Å². The van der Waals surface area contributed by atoms with Gasteiger partial charge in [-0.1, -0.05) is 42.5 Å². The zero-order chi connectivity index (χ0) is 11.5. The van der Waals surface area contributed by atoms with E-state index < -0.39 is 0 Å². The first-order chi connectivity index (χ1) is 7.93. The van der Waals surface area contributed by atoms with Crippen LogP contribution in [0.5, 0.6) is 0 Å². The van der Waals surface area contributed by atoms with Crippen LogP contribution in [-0.2, 0) is 0 Å². The third-order valence-corrected chi connectivity index (χ3v) is 2.94. The molecule has 1 aliphatic rings. The van der Waals surface area contributed by atoms with E-state index in [9.17, 15) is 0 Å². The van der Waals surface area contributed by atoms with Gasteiger partial charge in [0.15, 0.2) is 0 Å². The molecule has 0 aromatic heterocycles. The normalized spacial score (nSPS) is 24.9. The molecule has 88 valence electrons. The van der Waals surface area contributed by atoms with Crippen molar-refractivity contribution in [1.29, 1.82) is 0 Å². The third kappa shape index (κ3) is 6.44. The van der Waals surface area contributed by atoms with Gasteiger partial charge in [0.2, 0.25) is 0 Å². The lowest BCUT2D eigenvalue weighted by atomic mass is 9.96. The monoisotopic (exact) mass is 216 g/mol. The van der Waals surface area contributed by atoms with Crippen molar-refractivity contribution < 1.29 is 0 Å². The number of allylic oxidation sites excluding steroid dienone is 7. The molecule has 1 atom stereocenters. The van der Waals surface area contributed by atoms with Gasteiger partial charge in [0.05, 0.1) is 0 Å². The van der Waals surface area contributed by atoms with Gasteiger partial charge in [0, 0.05) is 0 Å². The molecule has 0 amide bonds. The van der Waals surface area contributed by atoms with E-state index in [4.69, 9.17) is 0 Å². The molecule has 0 fully saturated rings. The van der Waals surface area contributed by atoms with E-state index >= 15 is 0 Å². The van der Waals surface area contributed by atoms with E-state index in [1.165, 1.54) is 32.1 Å². The zero-order valence-corrected chi connectivity index (χ0v) is 10.3. The summed E-state index contributed by atoms with van der Waals surface area (Å²) in [5.41, 5.74) is 0. The smallest absolute Gasteiger partial charge is 0.0169 e. The minimum absolute atomic E-state index is 0.751. The maximum Gasteiger partial charge on any atom is -0.0169 e. The number of hydrogen-bond acceptors (Lipinski definition) is 0. The summed E-state index contributed by atoms with van der Waals surface area (Å²) in [5, 5.41) is 0. The molecule has 1 unspecified atom stereocenters. The van der Waals surface area contributed by atoms with Crippen molar-refractivity contribution in [3.8, 4) is 0 Å². The summed E-state index contributed by atoms with van der Waals surface area (Å²) in [6.45, 7) is 3.73. The highest BCUT2D eigenvalue weighted by molar-refractivity contribution is 5.01. The van der Waals surface area contributed by atoms with Crippen molar-refractivity contribution in [3.05, 3.63) is 49.1 Å². The molecule has 0 nitrogen and oxygen atoms in total. The van der Waals surface area contributed by atoms with Crippen LogP contribution in [0.1, 0.15) is 44.9 Å². The second kappa shape index (κ2) is 9.21. The summed E-state index contributed by atoms with van der Waals surface area (Å²) in [4.78, 5) is 0. The van der Waals surface area contributed by atoms with Gasteiger partial charge in [0.25, 0.3) is 0 Å². The highest BCUT2D eigenvalue weighted by Crippen LogP contribution is 2.17. The fourth-order valence-electron chi connectivity index (χ4n) is 1.94. The predicted octanol–water partition coefficient (Wildman–Crippen LogP) is 5.20. The van der Waals surface area contributed by atoms with E-state index in [1.807, 2.05) is 6.08 Å². The van der Waals surface area contributed by atoms with Crippen LogP contribution in [0.3, 0.4) is 0 Å². The maximum absolute atomic E-state index is 3.73. The van der Waals surface area contributed by atoms with Crippen LogP contribution in [-0.4, -0.2) is 0 Å². The van der Waals surface area contributed by atoms with E-state index in [2.05, 4.69) is 43.0 Å². The molecule has 0 aromatic carbocycles. The SMILES string of the molecule is C=CCCC/C=C/CC1/C=C\C/C=C\CC1. The third-order valence-electron chi connectivity index (χ3n) is 2.94. The summed E-state index contributed by atoms with van der Waals surface area (Å²) >= 11 is 0. The Morgan fingerprint density at radius 3 is 2.94 bits per heavy atom. The lowest BCUT2D eigenvalue weighted by Gasteiger charge is -2.10. The highest BCUT2D eigenvalue weighted by atomic mass is 14.1. The van der Waals surface area contributed by atoms with Gasteiger partial charge in [-0.3, -0.25) is 0 Å². The van der Waals surface area contributed by atoms with Crippen molar-refractivity contribution in [3.63, 3.8) is 0 Å². The standard InChI is InChI=1S/C16H24/c1-2-3-4-5-7-10-13-16-14-11-8-6-9-12-15-16/h2,6-8,10,12,15-16H,1,3-5,9,11,13-14H2/b8-6-,10-7+,15-12-. The number of unbranched alkanes of at least 4 members (excludes halogenated alkanes) is 2. The fourth-order valence-corrected chi connectivity index (χ4v) is 1.94. The Hall–Kier alpha value is -1.04. The summed E-state index contributed by atoms with van der Waals surface area (Å²) in [6, 6.07) is 0. The van der Waals surface area contributed by atoms with Crippen LogP contribution in [0.2, 0.25) is 0 Å². The summed E-state index contributed by atoms with van der Waals surface area (Å²) in [6.07, 6.45) is 24.4. The summed E-state index contributed by atoms with van der Waals surface area (Å²) < 4.78 is 0. The first kappa shape index (κ1) is 13.0. The predicted molar refractivity (Wildman–Crippen MR) is 73.4 cm³/mol. The van der Waals surface area contributed by atoms with Crippen LogP contribution in [0.15, 0.2) is 49.1 Å². The Bertz CT molecular complexity index is 255. The molecular formula is C16H24. The molecule has 0 bridgehead atoms. The molecule has 1 aliphatic carbocycles. The second-order valence-electron chi connectivity index (χ2n) is 4.40. The average molecular weight is 216 g/mol. The largest absolute Gasteiger partial charge is 0.103 e. The first-order valence-corrected chi connectivity index (χ1v) is 6.51. The molecule has 0 N–H and O–H groups in total. The quantitative estimate of drug-likeness (QED) is 0.423. The van der Waals surface area contributed by atoms with Gasteiger partial charge >= 0.3 is 0 Å². The highest BCUT2D eigenvalue weighted by Gasteiger charge is 2.02. The molecule has 16 heavy (non-hydrogen) atoms. The molecule has 0 aliphatic heterocycles. The minimum Gasteiger partial charge on any atom is -0.103 e. The van der Waals surface area contributed by atoms with Crippen molar-refractivity contribution >= 4 is 0 Å². The van der Waals surface area contributed by atoms with Crippen LogP contribution in [0.25, 0.3) is 0 Å². The van der Waals surface area contributed by atoms with Crippen molar-refractivity contribution in [2.75, 3.05) is 0 Å². The van der Waals surface area contributed by atoms with E-state index in [-0.39, 0.29) is 0 Å². The van der Waals surface area contributed by atoms with Crippen LogP contribution in [0.4, 0.5) is 0 Å². The lowest BCUT2D eigenvalue weighted by molar-refractivity contribution is 0.601. The summed E-state index contributed by atoms with van der Waals surface area (Å²) in [7, 11) is 0. The van der Waals surface area contributed by atoms with Crippen LogP contribution in [0, 0.1) is 5.92 Å². The second-order valence-corrected chi connectivity index (χ2v) is 4.40. The van der Waals surface area contributed by atoms with E-state index in [1.54, 1.807) is 0 Å². The van der Waals surface area contributed by atoms with Gasteiger partial charge in [0.1, 0.15) is 0 Å². The van der Waals surface area contributed by atoms with Crippen molar-refractivity contribution in [1.82, 2.24) is 0 Å². The Morgan fingerprint density at radius 1 is 1.12 bits per heavy atom. The molecular weight excluding hydrogens is 192 g/mol. The van der Waals surface area contributed by atoms with E-state index in [0.29, 0.717) is 0 Å². The number of hydrogen-bond donors (Lipinski definition) is 0. The lowest BCUT2D eigenvalue weighted by Crippen LogP contribution is -1.95. The Balaban J connectivity index is 2.15. The number of rotatable bonds is 6. The molecule has 0 saturated heterocycles. The van der Waals surface area contributed by atoms with Crippen molar-refractivity contribution in [2.45, 2.75) is 44.9 Å². The Morgan fingerprint density at radius 2 is 2.06 bits per heavy atom. The molecule has 0 radical (unpaired) electrons. The van der Waals surface area contributed by atoms with Gasteiger partial charge in [-0.2, -0.15) is 0 Å². The van der Waals surface area contributed by atoms with Gasteiger partial charge < -0.3 is 0 Å². The molecule has 0 spiro atoms. The zero-order valence-electron chi connectivity index (χ0n) is 10.3. The van der Waals surface area contributed by atoms with Crippen LogP contribution >= 0.6 is 0 Å². The maximum atomic E-state index is 3.73. The summed E-state index contributed by atoms with van der Waals surface area (Å²) in [5.74, 6) is 0.751. The van der Waals surface area contributed by atoms with Gasteiger partial charge in [-0.15, -0.1) is 6.58 Å². The molecule has 0 aromatic rings. The molecule has 0 saturated carbocycles. The minimum atomic E-state index is 0.751. The molecule has 0 heteroatoms. The molecule has 1 rings (SSSR count). The first-order valence-electron chi connectivity index (χ1n) is 6.51. The van der Waals surface area contributed by atoms with Gasteiger partial charge in [-0.25, -0.2) is 0 Å². The fraction of sp³-hybridized carbons (Fsp3) is 0.500. The Kier molecular flexibility index (Phi) is 7.49. The topological polar surface area (TPSA) is 0 Å².